The van der Waals surface area contributed by atoms with Crippen molar-refractivity contribution < 1.29 is 0 Å². The number of rotatable bonds is 5. The van der Waals surface area contributed by atoms with Gasteiger partial charge in [0.15, 0.2) is 11.3 Å². The van der Waals surface area contributed by atoms with Gasteiger partial charge in [0.05, 0.1) is 17.3 Å². The Bertz CT molecular complexity index is 1100. The topological polar surface area (TPSA) is 123 Å². The number of anilines is 3. The zero-order valence-corrected chi connectivity index (χ0v) is 18.9. The number of aromatic nitrogens is 4. The average molecular weight is 423 g/mol. The minimum atomic E-state index is 0.195. The number of hydrogen-bond acceptors (Lipinski definition) is 6. The van der Waals surface area contributed by atoms with Crippen molar-refractivity contribution >= 4 is 28.2 Å². The molecule has 0 aliphatic heterocycles. The fourth-order valence-corrected chi connectivity index (χ4v) is 4.23. The fourth-order valence-electron chi connectivity index (χ4n) is 4.23. The lowest BCUT2D eigenvalue weighted by atomic mass is 9.92. The Kier molecular flexibility index (Phi) is 6.00. The zero-order chi connectivity index (χ0) is 22.1. The number of nitrogens with zero attached hydrogens (tertiary/aromatic N) is 4. The molecule has 166 valence electrons. The number of fused-ring (bicyclic) bond motifs is 1. The number of nitrogens with two attached hydrogens (primary N) is 2. The van der Waals surface area contributed by atoms with Crippen LogP contribution in [0.2, 0.25) is 0 Å². The van der Waals surface area contributed by atoms with Crippen molar-refractivity contribution in [3.8, 4) is 0 Å². The van der Waals surface area contributed by atoms with Crippen LogP contribution in [-0.2, 0) is 0 Å². The van der Waals surface area contributed by atoms with E-state index in [1.165, 1.54) is 0 Å². The Balaban J connectivity index is 1.90. The maximum atomic E-state index is 6.11. The van der Waals surface area contributed by atoms with Crippen LogP contribution in [-0.4, -0.2) is 31.8 Å². The summed E-state index contributed by atoms with van der Waals surface area (Å²) in [5.41, 5.74) is 17.3. The molecule has 0 unspecified atom stereocenters. The van der Waals surface area contributed by atoms with Crippen LogP contribution < -0.4 is 22.4 Å². The van der Waals surface area contributed by atoms with E-state index in [1.807, 2.05) is 24.3 Å². The largest absolute Gasteiger partial charge is 0.399 e. The molecule has 1 aliphatic carbocycles. The van der Waals surface area contributed by atoms with Gasteiger partial charge >= 0.3 is 0 Å². The molecule has 4 rings (SSSR count). The number of nitrogens with one attached hydrogen (secondary N) is 2. The molecule has 2 heterocycles. The molecular formula is C23H34N8. The molecule has 3 aromatic rings. The summed E-state index contributed by atoms with van der Waals surface area (Å²) < 4.78 is 2.22. The third-order valence-electron chi connectivity index (χ3n) is 5.97. The van der Waals surface area contributed by atoms with Gasteiger partial charge in [0.1, 0.15) is 0 Å². The summed E-state index contributed by atoms with van der Waals surface area (Å²) in [6.07, 6.45) is 4.03. The number of H-pyrrole nitrogens is 1. The Morgan fingerprint density at radius 2 is 1.77 bits per heavy atom. The number of hydrogen-bond donors (Lipinski definition) is 4. The molecular weight excluding hydrogens is 388 g/mol. The van der Waals surface area contributed by atoms with Gasteiger partial charge in [0, 0.05) is 23.5 Å². The maximum Gasteiger partial charge on any atom is 0.227 e. The smallest absolute Gasteiger partial charge is 0.227 e. The first kappa shape index (κ1) is 21.4. The average Bonchev–Trinajstić information content (AvgIpc) is 3.16. The molecule has 31 heavy (non-hydrogen) atoms. The van der Waals surface area contributed by atoms with E-state index in [-0.39, 0.29) is 12.1 Å². The molecule has 1 fully saturated rings. The van der Waals surface area contributed by atoms with E-state index in [4.69, 9.17) is 21.4 Å². The Labute approximate surface area is 183 Å². The number of nitrogen functional groups attached to an aromatic ring is 1. The van der Waals surface area contributed by atoms with Gasteiger partial charge in [-0.2, -0.15) is 10.1 Å². The highest BCUT2D eigenvalue weighted by Crippen LogP contribution is 2.29. The van der Waals surface area contributed by atoms with Gasteiger partial charge in [0.25, 0.3) is 0 Å². The Hall–Kier alpha value is -2.87. The van der Waals surface area contributed by atoms with Gasteiger partial charge in [0.2, 0.25) is 5.62 Å². The molecule has 1 saturated carbocycles. The van der Waals surface area contributed by atoms with Crippen molar-refractivity contribution in [1.82, 2.24) is 19.7 Å². The van der Waals surface area contributed by atoms with Gasteiger partial charge in [-0.1, -0.05) is 13.8 Å². The summed E-state index contributed by atoms with van der Waals surface area (Å²) in [6.45, 7) is 8.68. The summed E-state index contributed by atoms with van der Waals surface area (Å²) >= 11 is 0. The molecule has 0 spiro atoms. The van der Waals surface area contributed by atoms with E-state index in [9.17, 15) is 0 Å². The van der Waals surface area contributed by atoms with E-state index < -0.39 is 0 Å². The minimum absolute atomic E-state index is 0.195. The van der Waals surface area contributed by atoms with Crippen LogP contribution in [0.25, 0.3) is 11.0 Å². The molecule has 8 heteroatoms. The standard InChI is InChI=1S/C23H34N8/c1-13(2)19-21-20(30-29-19)22(26-17-9-5-15(24)6-10-17)28-23(31(21)14(3)4)27-18-11-7-16(25)8-12-18/h5-6,9-10,13-14,16,18H,7-8,11-12,24-25H2,1-4H3,(H,29,30)(H,26,27,28). The van der Waals surface area contributed by atoms with Crippen molar-refractivity contribution in [2.75, 3.05) is 11.1 Å². The first-order valence-corrected chi connectivity index (χ1v) is 11.3. The lowest BCUT2D eigenvalue weighted by Gasteiger charge is -2.24. The van der Waals surface area contributed by atoms with Crippen LogP contribution in [0, 0.1) is 0 Å². The monoisotopic (exact) mass is 422 g/mol. The van der Waals surface area contributed by atoms with Crippen LogP contribution >= 0.6 is 0 Å². The molecule has 8 nitrogen and oxygen atoms in total. The quantitative estimate of drug-likeness (QED) is 0.464. The highest BCUT2D eigenvalue weighted by molar-refractivity contribution is 5.89. The van der Waals surface area contributed by atoms with Gasteiger partial charge in [-0.05, 0) is 69.7 Å². The first-order valence-electron chi connectivity index (χ1n) is 11.3. The van der Waals surface area contributed by atoms with Gasteiger partial charge in [-0.3, -0.25) is 5.10 Å². The molecule has 1 aromatic carbocycles. The molecule has 6 N–H and O–H groups in total. The first-order chi connectivity index (χ1) is 14.8. The highest BCUT2D eigenvalue weighted by atomic mass is 15.2. The second kappa shape index (κ2) is 8.70. The SMILES string of the molecule is CC(C)c1[nH]nc2c(Nc3ccc(N)cc3)nc(=NC3CCC(N)CC3)n(C(C)C)c12. The molecule has 0 saturated heterocycles. The van der Waals surface area contributed by atoms with E-state index >= 15 is 0 Å². The lowest BCUT2D eigenvalue weighted by molar-refractivity contribution is 0.386. The lowest BCUT2D eigenvalue weighted by Crippen LogP contribution is -2.33. The summed E-state index contributed by atoms with van der Waals surface area (Å²) in [5.74, 6) is 0.994. The molecule has 0 atom stereocenters. The van der Waals surface area contributed by atoms with Crippen molar-refractivity contribution in [2.45, 2.75) is 77.4 Å². The van der Waals surface area contributed by atoms with Crippen molar-refractivity contribution in [1.29, 1.82) is 0 Å². The Morgan fingerprint density at radius 1 is 1.10 bits per heavy atom. The van der Waals surface area contributed by atoms with Crippen LogP contribution in [0.15, 0.2) is 29.3 Å². The number of benzene rings is 1. The second-order valence-corrected chi connectivity index (χ2v) is 9.16. The van der Waals surface area contributed by atoms with E-state index in [0.29, 0.717) is 17.8 Å². The maximum absolute atomic E-state index is 6.11. The van der Waals surface area contributed by atoms with Crippen molar-refractivity contribution in [3.05, 3.63) is 35.6 Å². The highest BCUT2D eigenvalue weighted by Gasteiger charge is 2.22. The van der Waals surface area contributed by atoms with Crippen LogP contribution in [0.4, 0.5) is 17.2 Å². The van der Waals surface area contributed by atoms with Crippen LogP contribution in [0.3, 0.4) is 0 Å². The van der Waals surface area contributed by atoms with E-state index in [2.05, 4.69) is 47.8 Å². The van der Waals surface area contributed by atoms with Gasteiger partial charge in [-0.15, -0.1) is 0 Å². The van der Waals surface area contributed by atoms with Gasteiger partial charge in [-0.25, -0.2) is 4.99 Å². The molecule has 2 aromatic heterocycles. The van der Waals surface area contributed by atoms with Crippen molar-refractivity contribution in [2.24, 2.45) is 10.7 Å². The van der Waals surface area contributed by atoms with Crippen LogP contribution in [0.1, 0.15) is 71.0 Å². The van der Waals surface area contributed by atoms with E-state index in [1.54, 1.807) is 0 Å². The summed E-state index contributed by atoms with van der Waals surface area (Å²) in [6, 6.07) is 8.37. The predicted octanol–water partition coefficient (Wildman–Crippen LogP) is 3.96. The summed E-state index contributed by atoms with van der Waals surface area (Å²) in [7, 11) is 0. The van der Waals surface area contributed by atoms with E-state index in [0.717, 1.165) is 59.4 Å². The minimum Gasteiger partial charge on any atom is -0.399 e. The third kappa shape index (κ3) is 4.44. The summed E-state index contributed by atoms with van der Waals surface area (Å²) in [5, 5.41) is 11.3. The number of aromatic amines is 1. The summed E-state index contributed by atoms with van der Waals surface area (Å²) in [4.78, 5) is 10.1. The Morgan fingerprint density at radius 3 is 2.39 bits per heavy atom. The fraction of sp³-hybridized carbons (Fsp3) is 0.522. The molecule has 1 aliphatic rings. The molecule has 0 bridgehead atoms. The van der Waals surface area contributed by atoms with Crippen LogP contribution in [0.5, 0.6) is 0 Å². The van der Waals surface area contributed by atoms with Gasteiger partial charge < -0.3 is 21.4 Å². The molecule has 0 radical (unpaired) electrons. The normalized spacial score (nSPS) is 20.2. The third-order valence-corrected chi connectivity index (χ3v) is 5.97. The van der Waals surface area contributed by atoms with Crippen molar-refractivity contribution in [3.63, 3.8) is 0 Å². The molecule has 0 amide bonds. The second-order valence-electron chi connectivity index (χ2n) is 9.16. The predicted molar refractivity (Wildman–Crippen MR) is 126 cm³/mol. The zero-order valence-electron chi connectivity index (χ0n) is 18.9.